The van der Waals surface area contributed by atoms with E-state index in [1.807, 2.05) is 30.3 Å². The molecule has 2 rings (SSSR count). The van der Waals surface area contributed by atoms with Gasteiger partial charge in [0.25, 0.3) is 0 Å². The minimum atomic E-state index is -5.31. The number of carbonyl (C=O) groups excluding carboxylic acids is 2. The molecule has 1 aliphatic heterocycles. The van der Waals surface area contributed by atoms with Crippen LogP contribution in [0.4, 0.5) is 0 Å². The van der Waals surface area contributed by atoms with E-state index in [1.165, 1.54) is 97.0 Å². The zero-order valence-electron chi connectivity index (χ0n) is 34.6. The molecule has 13 heteroatoms. The molecule has 1 heterocycles. The average Bonchev–Trinajstić information content (AvgIpc) is 3.14. The van der Waals surface area contributed by atoms with Crippen LogP contribution in [0.5, 0.6) is 0 Å². The van der Waals surface area contributed by atoms with E-state index in [1.54, 1.807) is 0 Å². The predicted molar refractivity (Wildman–Crippen MR) is 208 cm³/mol. The van der Waals surface area contributed by atoms with Gasteiger partial charge in [-0.2, -0.15) is 0 Å². The first-order valence-corrected chi connectivity index (χ1v) is 22.3. The average molecular weight is 807 g/mol. The molecule has 0 aromatic heterocycles. The molecular weight excluding hydrogens is 736 g/mol. The molecule has 312 valence electrons. The van der Waals surface area contributed by atoms with E-state index in [4.69, 9.17) is 27.9 Å². The van der Waals surface area contributed by atoms with Gasteiger partial charge in [-0.25, -0.2) is 8.42 Å². The maximum absolute atomic E-state index is 13.2. The van der Waals surface area contributed by atoms with Crippen molar-refractivity contribution in [1.82, 2.24) is 0 Å². The number of esters is 2. The quantitative estimate of drug-likeness (QED) is 0.0247. The van der Waals surface area contributed by atoms with Crippen molar-refractivity contribution in [3.63, 3.8) is 0 Å². The first kappa shape index (κ1) is 51.9. The smallest absolute Gasteiger partial charge is 0.726 e. The van der Waals surface area contributed by atoms with Crippen LogP contribution in [0.25, 0.3) is 0 Å². The van der Waals surface area contributed by atoms with Gasteiger partial charge < -0.3 is 28.2 Å². The normalized spacial score (nSPS) is 19.8. The third kappa shape index (κ3) is 25.1. The first-order chi connectivity index (χ1) is 26.2. The summed E-state index contributed by atoms with van der Waals surface area (Å²) in [5, 5.41) is 0. The van der Waals surface area contributed by atoms with Crippen LogP contribution in [0, 0.1) is 0 Å². The minimum Gasteiger partial charge on any atom is -0.726 e. The van der Waals surface area contributed by atoms with Gasteiger partial charge in [0.05, 0.1) is 13.2 Å². The number of rotatable bonds is 33. The molecular formula is C42H71NaO11S. The molecule has 0 unspecified atom stereocenters. The third-order valence-electron chi connectivity index (χ3n) is 9.95. The van der Waals surface area contributed by atoms with Gasteiger partial charge in [0.1, 0.15) is 12.2 Å². The fourth-order valence-corrected chi connectivity index (χ4v) is 7.38. The molecule has 1 aliphatic rings. The fourth-order valence-electron chi connectivity index (χ4n) is 6.87. The molecule has 11 nitrogen and oxygen atoms in total. The van der Waals surface area contributed by atoms with E-state index in [0.29, 0.717) is 12.8 Å². The molecule has 1 aromatic rings. The molecule has 0 radical (unpaired) electrons. The largest absolute Gasteiger partial charge is 1.00 e. The van der Waals surface area contributed by atoms with E-state index < -0.39 is 53.0 Å². The molecule has 0 amide bonds. The Hall–Kier alpha value is -1.09. The zero-order chi connectivity index (χ0) is 39.3. The molecule has 0 bridgehead atoms. The molecule has 0 saturated carbocycles. The summed E-state index contributed by atoms with van der Waals surface area (Å²) in [5.74, 6) is -1.20. The number of unbranched alkanes of at least 4 members (excludes halogenated alkanes) is 20. The van der Waals surface area contributed by atoms with Gasteiger partial charge in [0, 0.05) is 20.0 Å². The van der Waals surface area contributed by atoms with Gasteiger partial charge in [-0.3, -0.25) is 13.8 Å². The Morgan fingerprint density at radius 3 is 1.47 bits per heavy atom. The van der Waals surface area contributed by atoms with Crippen molar-refractivity contribution in [2.75, 3.05) is 13.7 Å². The van der Waals surface area contributed by atoms with E-state index >= 15 is 0 Å². The summed E-state index contributed by atoms with van der Waals surface area (Å²) in [5.41, 5.74) is 0.856. The Labute approximate surface area is 355 Å². The van der Waals surface area contributed by atoms with E-state index in [-0.39, 0.29) is 55.6 Å². The van der Waals surface area contributed by atoms with Crippen LogP contribution >= 0.6 is 0 Å². The monoisotopic (exact) mass is 806 g/mol. The Morgan fingerprint density at radius 2 is 1.05 bits per heavy atom. The second-order valence-corrected chi connectivity index (χ2v) is 15.7. The predicted octanol–water partition coefficient (Wildman–Crippen LogP) is 6.65. The molecule has 0 spiro atoms. The van der Waals surface area contributed by atoms with E-state index in [9.17, 15) is 22.6 Å². The van der Waals surface area contributed by atoms with Crippen molar-refractivity contribution in [3.05, 3.63) is 35.9 Å². The van der Waals surface area contributed by atoms with Gasteiger partial charge >= 0.3 is 41.5 Å². The van der Waals surface area contributed by atoms with Crippen molar-refractivity contribution >= 4 is 22.3 Å². The maximum atomic E-state index is 13.2. The number of carbonyl (C=O) groups is 2. The Morgan fingerprint density at radius 1 is 0.636 bits per heavy atom. The van der Waals surface area contributed by atoms with Crippen molar-refractivity contribution in [3.8, 4) is 0 Å². The third-order valence-corrected chi connectivity index (χ3v) is 10.4. The van der Waals surface area contributed by atoms with Crippen LogP contribution in [0.15, 0.2) is 30.3 Å². The van der Waals surface area contributed by atoms with Crippen molar-refractivity contribution in [2.24, 2.45) is 0 Å². The standard InChI is InChI=1S/C42H72O11S.Na/c1-4-6-8-10-12-14-16-18-20-22-27-31-37(43)51-40-39(53-54(45,46)47)36(34-49-33-35-29-25-24-26-30-35)50-42(48-3)41(40)52-38(44)32-28-23-21-19-17-15-13-11-9-7-5-2;/h24-26,29-30,36,39-42H,4-23,27-28,31-34H2,1-3H3,(H,45,46,47);/q;+1/p-1/t36-,39-,40+,41-,42+;/m1./s1. The van der Waals surface area contributed by atoms with Crippen molar-refractivity contribution in [1.29, 1.82) is 0 Å². The molecule has 0 aliphatic carbocycles. The summed E-state index contributed by atoms with van der Waals surface area (Å²) in [6, 6.07) is 9.30. The second kappa shape index (κ2) is 32.8. The molecule has 5 atom stereocenters. The SMILES string of the molecule is CCCCCCCCCCCCCC(=O)O[C@@H]1[C@@H](OC(=O)CCCCCCCCCCCCC)[C@@H](OC)O[C@H](COCc2ccccc2)[C@H]1OS(=O)(=O)[O-].[Na+]. The van der Waals surface area contributed by atoms with E-state index in [0.717, 1.165) is 44.1 Å². The first-order valence-electron chi connectivity index (χ1n) is 21.0. The molecule has 1 saturated heterocycles. The topological polar surface area (TPSA) is 147 Å². The number of methoxy groups -OCH3 is 1. The minimum absolute atomic E-state index is 0. The summed E-state index contributed by atoms with van der Waals surface area (Å²) in [6.07, 6.45) is 17.8. The second-order valence-electron chi connectivity index (χ2n) is 14.7. The fraction of sp³-hybridized carbons (Fsp3) is 0.810. The van der Waals surface area contributed by atoms with E-state index in [2.05, 4.69) is 13.8 Å². The molecule has 1 aromatic carbocycles. The van der Waals surface area contributed by atoms with Gasteiger partial charge in [-0.1, -0.05) is 173 Å². The Balaban J connectivity index is 0.0000151. The van der Waals surface area contributed by atoms with Crippen LogP contribution in [0.2, 0.25) is 0 Å². The van der Waals surface area contributed by atoms with Crippen LogP contribution in [0.1, 0.15) is 174 Å². The summed E-state index contributed by atoms with van der Waals surface area (Å²) in [4.78, 5) is 26.4. The summed E-state index contributed by atoms with van der Waals surface area (Å²) < 4.78 is 70.0. The van der Waals surface area contributed by atoms with Gasteiger partial charge in [-0.05, 0) is 18.4 Å². The van der Waals surface area contributed by atoms with Crippen LogP contribution in [0.3, 0.4) is 0 Å². The van der Waals surface area contributed by atoms with Gasteiger partial charge in [-0.15, -0.1) is 0 Å². The Bertz CT molecular complexity index is 1200. The summed E-state index contributed by atoms with van der Waals surface area (Å²) >= 11 is 0. The zero-order valence-corrected chi connectivity index (χ0v) is 37.4. The molecule has 55 heavy (non-hydrogen) atoms. The van der Waals surface area contributed by atoms with Gasteiger partial charge in [0.15, 0.2) is 18.5 Å². The summed E-state index contributed by atoms with van der Waals surface area (Å²) in [6.45, 7) is 4.37. The number of ether oxygens (including phenoxy) is 5. The van der Waals surface area contributed by atoms with Crippen molar-refractivity contribution in [2.45, 2.75) is 205 Å². The Kier molecular flexibility index (Phi) is 31.0. The van der Waals surface area contributed by atoms with Gasteiger partial charge in [0.2, 0.25) is 10.4 Å². The molecule has 1 fully saturated rings. The van der Waals surface area contributed by atoms with Crippen LogP contribution < -0.4 is 29.6 Å². The van der Waals surface area contributed by atoms with Crippen LogP contribution in [-0.4, -0.2) is 69.3 Å². The summed E-state index contributed by atoms with van der Waals surface area (Å²) in [7, 11) is -3.97. The number of hydrogen-bond donors (Lipinski definition) is 0. The number of benzene rings is 1. The van der Waals surface area contributed by atoms with Crippen molar-refractivity contribution < 1.29 is 80.0 Å². The maximum Gasteiger partial charge on any atom is 1.00 e. The number of hydrogen-bond acceptors (Lipinski definition) is 11. The molecule has 0 N–H and O–H groups in total. The van der Waals surface area contributed by atoms with Crippen LogP contribution in [-0.2, 0) is 54.5 Å².